The number of aryl methyl sites for hydroxylation is 2. The van der Waals surface area contributed by atoms with Gasteiger partial charge >= 0.3 is 5.63 Å². The number of benzene rings is 1. The molecule has 2 aliphatic carbocycles. The summed E-state index contributed by atoms with van der Waals surface area (Å²) in [5, 5.41) is 11.8. The summed E-state index contributed by atoms with van der Waals surface area (Å²) in [6.07, 6.45) is 6.48. The van der Waals surface area contributed by atoms with Crippen LogP contribution in [0.4, 0.5) is 0 Å². The van der Waals surface area contributed by atoms with Crippen LogP contribution in [0.2, 0.25) is 0 Å². The fourth-order valence-corrected chi connectivity index (χ4v) is 5.87. The minimum Gasteiger partial charge on any atom is -0.480 e. The molecule has 0 bridgehead atoms. The monoisotopic (exact) mass is 425 g/mol. The van der Waals surface area contributed by atoms with Crippen molar-refractivity contribution in [2.45, 2.75) is 76.9 Å². The molecule has 1 aromatic carbocycles. The number of aliphatic hydroxyl groups is 1. The average Bonchev–Trinajstić information content (AvgIpc) is 3.22. The van der Waals surface area contributed by atoms with Crippen molar-refractivity contribution in [1.82, 2.24) is 4.90 Å². The summed E-state index contributed by atoms with van der Waals surface area (Å²) < 4.78 is 11.8. The second-order valence-corrected chi connectivity index (χ2v) is 9.68. The van der Waals surface area contributed by atoms with E-state index in [0.717, 1.165) is 67.0 Å². The Morgan fingerprint density at radius 1 is 1.23 bits per heavy atom. The van der Waals surface area contributed by atoms with Gasteiger partial charge < -0.3 is 19.2 Å². The lowest BCUT2D eigenvalue weighted by molar-refractivity contribution is -0.149. The minimum absolute atomic E-state index is 0.0451. The first kappa shape index (κ1) is 20.6. The highest BCUT2D eigenvalue weighted by molar-refractivity contribution is 5.89. The van der Waals surface area contributed by atoms with Crippen LogP contribution < -0.4 is 10.4 Å². The Morgan fingerprint density at radius 2 is 2.03 bits per heavy atom. The normalized spacial score (nSPS) is 26.4. The van der Waals surface area contributed by atoms with Crippen LogP contribution in [0.15, 0.2) is 21.3 Å². The maximum atomic E-state index is 13.2. The number of likely N-dealkylation sites (tertiary alicyclic amines) is 1. The molecule has 5 rings (SSSR count). The van der Waals surface area contributed by atoms with Gasteiger partial charge in [0.25, 0.3) is 5.91 Å². The molecule has 1 saturated heterocycles. The van der Waals surface area contributed by atoms with E-state index in [0.29, 0.717) is 30.8 Å². The molecule has 31 heavy (non-hydrogen) atoms. The summed E-state index contributed by atoms with van der Waals surface area (Å²) in [7, 11) is 0. The maximum Gasteiger partial charge on any atom is 0.339 e. The molecule has 1 amide bonds. The number of ether oxygens (including phenoxy) is 1. The topological polar surface area (TPSA) is 80.0 Å². The molecule has 166 valence electrons. The van der Waals surface area contributed by atoms with E-state index in [1.807, 2.05) is 24.0 Å². The lowest BCUT2D eigenvalue weighted by atomic mass is 9.71. The van der Waals surface area contributed by atoms with E-state index in [2.05, 4.69) is 0 Å². The molecule has 2 fully saturated rings. The molecule has 2 aromatic rings. The molecule has 3 aliphatic rings. The van der Waals surface area contributed by atoms with Gasteiger partial charge in [0, 0.05) is 24.6 Å². The Balaban J connectivity index is 1.40. The largest absolute Gasteiger partial charge is 0.480 e. The number of hydrogen-bond acceptors (Lipinski definition) is 5. The van der Waals surface area contributed by atoms with Crippen molar-refractivity contribution < 1.29 is 19.1 Å². The first-order valence-corrected chi connectivity index (χ1v) is 11.6. The van der Waals surface area contributed by atoms with Crippen molar-refractivity contribution in [3.8, 4) is 5.75 Å². The number of nitrogens with zero attached hydrogens (tertiary/aromatic N) is 1. The third kappa shape index (κ3) is 3.55. The first-order valence-electron chi connectivity index (χ1n) is 11.6. The summed E-state index contributed by atoms with van der Waals surface area (Å²) in [6, 6.07) is 3.80. The Kier molecular flexibility index (Phi) is 5.08. The van der Waals surface area contributed by atoms with E-state index in [1.165, 1.54) is 0 Å². The highest BCUT2D eigenvalue weighted by Crippen LogP contribution is 2.40. The SMILES string of the molecule is Cc1cc(O[C@@H](C)C(=O)N2CC[C@@]3(O)CCCC[C@H]3C2)c2c3c(c(=O)oc2c1)CCC3. The molecule has 3 atom stereocenters. The molecular formula is C25H31NO5. The standard InChI is InChI=1S/C25H31NO5/c1-15-12-20(22-18-7-5-8-19(18)24(28)31-21(22)13-15)30-16(2)23(27)26-11-10-25(29)9-4-3-6-17(25)14-26/h12-13,16-17,29H,3-11,14H2,1-2H3/t16-,17-,25-/m0/s1. The molecule has 1 saturated carbocycles. The summed E-state index contributed by atoms with van der Waals surface area (Å²) in [4.78, 5) is 27.4. The van der Waals surface area contributed by atoms with Gasteiger partial charge in [-0.05, 0) is 75.6 Å². The van der Waals surface area contributed by atoms with Crippen molar-refractivity contribution in [1.29, 1.82) is 0 Å². The fraction of sp³-hybridized carbons (Fsp3) is 0.600. The van der Waals surface area contributed by atoms with Crippen molar-refractivity contribution in [3.63, 3.8) is 0 Å². The zero-order valence-electron chi connectivity index (χ0n) is 18.4. The van der Waals surface area contributed by atoms with E-state index in [-0.39, 0.29) is 17.5 Å². The zero-order valence-corrected chi connectivity index (χ0v) is 18.4. The molecule has 2 heterocycles. The number of hydrogen-bond donors (Lipinski definition) is 1. The van der Waals surface area contributed by atoms with Gasteiger partial charge in [0.1, 0.15) is 11.3 Å². The smallest absolute Gasteiger partial charge is 0.339 e. The molecule has 1 N–H and O–H groups in total. The van der Waals surface area contributed by atoms with Gasteiger partial charge in [-0.15, -0.1) is 0 Å². The maximum absolute atomic E-state index is 13.2. The fourth-order valence-electron chi connectivity index (χ4n) is 5.87. The van der Waals surface area contributed by atoms with Crippen LogP contribution in [0.1, 0.15) is 62.1 Å². The Labute approximate surface area is 182 Å². The predicted octanol–water partition coefficient (Wildman–Crippen LogP) is 3.51. The van der Waals surface area contributed by atoms with Crippen LogP contribution in [0.5, 0.6) is 5.75 Å². The molecular weight excluding hydrogens is 394 g/mol. The Hall–Kier alpha value is -2.34. The van der Waals surface area contributed by atoms with Crippen molar-refractivity contribution in [3.05, 3.63) is 39.2 Å². The summed E-state index contributed by atoms with van der Waals surface area (Å²) >= 11 is 0. The average molecular weight is 426 g/mol. The summed E-state index contributed by atoms with van der Waals surface area (Å²) in [6.45, 7) is 4.89. The Morgan fingerprint density at radius 3 is 2.87 bits per heavy atom. The quantitative estimate of drug-likeness (QED) is 0.762. The van der Waals surface area contributed by atoms with E-state index < -0.39 is 11.7 Å². The third-order valence-corrected chi connectivity index (χ3v) is 7.57. The van der Waals surface area contributed by atoms with Gasteiger partial charge in [-0.3, -0.25) is 4.79 Å². The van der Waals surface area contributed by atoms with E-state index in [9.17, 15) is 14.7 Å². The highest BCUT2D eigenvalue weighted by Gasteiger charge is 2.44. The number of carbonyl (C=O) groups excluding carboxylic acids is 1. The molecule has 1 aromatic heterocycles. The number of carbonyl (C=O) groups is 1. The van der Waals surface area contributed by atoms with Gasteiger partial charge in [0.05, 0.1) is 11.0 Å². The number of piperidine rings is 1. The van der Waals surface area contributed by atoms with Crippen molar-refractivity contribution in [2.75, 3.05) is 13.1 Å². The molecule has 1 aliphatic heterocycles. The second-order valence-electron chi connectivity index (χ2n) is 9.68. The van der Waals surface area contributed by atoms with Gasteiger partial charge in [0.2, 0.25) is 0 Å². The van der Waals surface area contributed by atoms with Crippen LogP contribution in [0.3, 0.4) is 0 Å². The number of rotatable bonds is 3. The van der Waals surface area contributed by atoms with Crippen LogP contribution in [-0.2, 0) is 17.6 Å². The van der Waals surface area contributed by atoms with E-state index >= 15 is 0 Å². The first-order chi connectivity index (χ1) is 14.9. The summed E-state index contributed by atoms with van der Waals surface area (Å²) in [5.41, 5.74) is 2.34. The van der Waals surface area contributed by atoms with Gasteiger partial charge in [-0.25, -0.2) is 4.79 Å². The predicted molar refractivity (Wildman–Crippen MR) is 117 cm³/mol. The van der Waals surface area contributed by atoms with Crippen LogP contribution >= 0.6 is 0 Å². The van der Waals surface area contributed by atoms with Gasteiger partial charge in [0.15, 0.2) is 6.10 Å². The minimum atomic E-state index is -0.649. The van der Waals surface area contributed by atoms with Crippen molar-refractivity contribution >= 4 is 16.9 Å². The Bertz CT molecular complexity index is 1090. The molecule has 6 heteroatoms. The lowest BCUT2D eigenvalue weighted by Gasteiger charge is -2.47. The molecule has 0 unspecified atom stereocenters. The van der Waals surface area contributed by atoms with Crippen LogP contribution in [0, 0.1) is 12.8 Å². The van der Waals surface area contributed by atoms with Crippen molar-refractivity contribution in [2.24, 2.45) is 5.92 Å². The van der Waals surface area contributed by atoms with E-state index in [4.69, 9.17) is 9.15 Å². The van der Waals surface area contributed by atoms with Crippen LogP contribution in [0.25, 0.3) is 11.0 Å². The van der Waals surface area contributed by atoms with Crippen LogP contribution in [-0.4, -0.2) is 40.7 Å². The lowest BCUT2D eigenvalue weighted by Crippen LogP contribution is -2.56. The third-order valence-electron chi connectivity index (χ3n) is 7.57. The number of amides is 1. The zero-order chi connectivity index (χ0) is 21.8. The highest BCUT2D eigenvalue weighted by atomic mass is 16.5. The number of fused-ring (bicyclic) bond motifs is 4. The molecule has 0 radical (unpaired) electrons. The molecule has 0 spiro atoms. The summed E-state index contributed by atoms with van der Waals surface area (Å²) in [5.74, 6) is 0.726. The second kappa shape index (κ2) is 7.66. The molecule has 6 nitrogen and oxygen atoms in total. The van der Waals surface area contributed by atoms with E-state index in [1.54, 1.807) is 6.92 Å². The van der Waals surface area contributed by atoms with Gasteiger partial charge in [-0.1, -0.05) is 12.8 Å². The van der Waals surface area contributed by atoms with Gasteiger partial charge in [-0.2, -0.15) is 0 Å².